The smallest absolute Gasteiger partial charge is 0.340 e. The highest BCUT2D eigenvalue weighted by molar-refractivity contribution is 5.89. The average Bonchev–Trinajstić information content (AvgIpc) is 2.36. The van der Waals surface area contributed by atoms with Gasteiger partial charge in [0, 0.05) is 0 Å². The number of methoxy groups -OCH3 is 1. The lowest BCUT2D eigenvalue weighted by Gasteiger charge is -2.23. The number of ether oxygens (including phenoxy) is 2. The molecule has 0 spiro atoms. The number of benzene rings is 1. The molecule has 0 N–H and O–H groups in total. The first-order chi connectivity index (χ1) is 8.39. The van der Waals surface area contributed by atoms with Gasteiger partial charge in [-0.3, -0.25) is 0 Å². The lowest BCUT2D eigenvalue weighted by molar-refractivity contribution is -0.0317. The van der Waals surface area contributed by atoms with Crippen LogP contribution in [0.15, 0.2) is 18.2 Å². The molecule has 1 rings (SSSR count). The molecule has 0 saturated heterocycles. The van der Waals surface area contributed by atoms with Crippen molar-refractivity contribution in [1.29, 1.82) is 0 Å². The standard InChI is InChI=1S/C14H19FO3/c1-5-14(2,3)18-9-10-6-7-11(12(15)8-10)13(16)17-4/h6-8H,5,9H2,1-4H3. The second-order valence-electron chi connectivity index (χ2n) is 4.71. The monoisotopic (exact) mass is 254 g/mol. The van der Waals surface area contributed by atoms with Gasteiger partial charge in [-0.25, -0.2) is 9.18 Å². The number of halogens is 1. The maximum absolute atomic E-state index is 13.6. The van der Waals surface area contributed by atoms with Crippen LogP contribution < -0.4 is 0 Å². The number of hydrogen-bond donors (Lipinski definition) is 0. The molecule has 0 radical (unpaired) electrons. The lowest BCUT2D eigenvalue weighted by atomic mass is 10.1. The van der Waals surface area contributed by atoms with Crippen molar-refractivity contribution in [2.45, 2.75) is 39.4 Å². The van der Waals surface area contributed by atoms with E-state index in [0.29, 0.717) is 12.2 Å². The molecule has 100 valence electrons. The summed E-state index contributed by atoms with van der Waals surface area (Å²) in [5.41, 5.74) is 0.398. The van der Waals surface area contributed by atoms with Crippen LogP contribution >= 0.6 is 0 Å². The first-order valence-corrected chi connectivity index (χ1v) is 5.90. The highest BCUT2D eigenvalue weighted by atomic mass is 19.1. The van der Waals surface area contributed by atoms with Crippen molar-refractivity contribution in [2.24, 2.45) is 0 Å². The lowest BCUT2D eigenvalue weighted by Crippen LogP contribution is -2.22. The Morgan fingerprint density at radius 2 is 2.06 bits per heavy atom. The van der Waals surface area contributed by atoms with Gasteiger partial charge in [-0.05, 0) is 38.0 Å². The Hall–Kier alpha value is -1.42. The second-order valence-corrected chi connectivity index (χ2v) is 4.71. The first-order valence-electron chi connectivity index (χ1n) is 5.90. The van der Waals surface area contributed by atoms with Crippen molar-refractivity contribution < 1.29 is 18.7 Å². The molecule has 3 nitrogen and oxygen atoms in total. The normalized spacial score (nSPS) is 11.4. The Bertz CT molecular complexity index is 427. The Labute approximate surface area is 107 Å². The predicted octanol–water partition coefficient (Wildman–Crippen LogP) is 3.32. The first kappa shape index (κ1) is 14.6. The van der Waals surface area contributed by atoms with Gasteiger partial charge in [0.1, 0.15) is 5.82 Å². The van der Waals surface area contributed by atoms with Gasteiger partial charge in [-0.1, -0.05) is 13.0 Å². The van der Waals surface area contributed by atoms with E-state index in [9.17, 15) is 9.18 Å². The molecule has 1 aromatic carbocycles. The van der Waals surface area contributed by atoms with E-state index in [1.807, 2.05) is 20.8 Å². The molecule has 0 bridgehead atoms. The summed E-state index contributed by atoms with van der Waals surface area (Å²) in [6.45, 7) is 6.30. The van der Waals surface area contributed by atoms with Gasteiger partial charge < -0.3 is 9.47 Å². The van der Waals surface area contributed by atoms with Crippen molar-refractivity contribution in [3.8, 4) is 0 Å². The zero-order valence-electron chi connectivity index (χ0n) is 11.2. The Morgan fingerprint density at radius 3 is 2.56 bits per heavy atom. The van der Waals surface area contributed by atoms with Gasteiger partial charge >= 0.3 is 5.97 Å². The fraction of sp³-hybridized carbons (Fsp3) is 0.500. The second kappa shape index (κ2) is 5.96. The van der Waals surface area contributed by atoms with E-state index >= 15 is 0 Å². The number of carbonyl (C=O) groups excluding carboxylic acids is 1. The van der Waals surface area contributed by atoms with Crippen LogP contribution in [0.4, 0.5) is 4.39 Å². The van der Waals surface area contributed by atoms with E-state index in [4.69, 9.17) is 4.74 Å². The van der Waals surface area contributed by atoms with E-state index in [0.717, 1.165) is 6.42 Å². The largest absolute Gasteiger partial charge is 0.465 e. The summed E-state index contributed by atoms with van der Waals surface area (Å²) < 4.78 is 23.8. The van der Waals surface area contributed by atoms with Crippen LogP contribution in [-0.4, -0.2) is 18.7 Å². The number of esters is 1. The molecular formula is C14H19FO3. The summed E-state index contributed by atoms with van der Waals surface area (Å²) in [7, 11) is 1.22. The Kier molecular flexibility index (Phi) is 4.84. The third kappa shape index (κ3) is 3.81. The van der Waals surface area contributed by atoms with Gasteiger partial charge in [0.25, 0.3) is 0 Å². The zero-order chi connectivity index (χ0) is 13.8. The van der Waals surface area contributed by atoms with Gasteiger partial charge in [0.15, 0.2) is 0 Å². The zero-order valence-corrected chi connectivity index (χ0v) is 11.2. The van der Waals surface area contributed by atoms with Crippen molar-refractivity contribution in [1.82, 2.24) is 0 Å². The van der Waals surface area contributed by atoms with Gasteiger partial charge in [0.2, 0.25) is 0 Å². The van der Waals surface area contributed by atoms with E-state index in [1.54, 1.807) is 6.07 Å². The predicted molar refractivity (Wildman–Crippen MR) is 66.9 cm³/mol. The SMILES string of the molecule is CCC(C)(C)OCc1ccc(C(=O)OC)c(F)c1. The van der Waals surface area contributed by atoms with E-state index in [-0.39, 0.29) is 11.2 Å². The van der Waals surface area contributed by atoms with E-state index in [2.05, 4.69) is 4.74 Å². The van der Waals surface area contributed by atoms with Gasteiger partial charge in [-0.15, -0.1) is 0 Å². The average molecular weight is 254 g/mol. The van der Waals surface area contributed by atoms with Gasteiger partial charge in [-0.2, -0.15) is 0 Å². The Balaban J connectivity index is 2.76. The van der Waals surface area contributed by atoms with Crippen LogP contribution in [0.5, 0.6) is 0 Å². The third-order valence-electron chi connectivity index (χ3n) is 2.92. The molecular weight excluding hydrogens is 235 g/mol. The summed E-state index contributed by atoms with van der Waals surface area (Å²) in [5, 5.41) is 0. The highest BCUT2D eigenvalue weighted by Gasteiger charge is 2.16. The molecule has 0 aliphatic rings. The van der Waals surface area contributed by atoms with E-state index < -0.39 is 11.8 Å². The quantitative estimate of drug-likeness (QED) is 0.756. The van der Waals surface area contributed by atoms with Crippen LogP contribution in [0, 0.1) is 5.82 Å². The fourth-order valence-corrected chi connectivity index (χ4v) is 1.30. The van der Waals surface area contributed by atoms with Crippen LogP contribution in [0.25, 0.3) is 0 Å². The minimum atomic E-state index is -0.672. The summed E-state index contributed by atoms with van der Waals surface area (Å²) in [4.78, 5) is 11.2. The molecule has 1 aromatic rings. The van der Waals surface area contributed by atoms with Crippen molar-refractivity contribution in [3.05, 3.63) is 35.1 Å². The molecule has 0 heterocycles. The summed E-state index contributed by atoms with van der Waals surface area (Å²) in [6.07, 6.45) is 0.871. The topological polar surface area (TPSA) is 35.5 Å². The van der Waals surface area contributed by atoms with E-state index in [1.165, 1.54) is 19.2 Å². The van der Waals surface area contributed by atoms with Crippen LogP contribution in [-0.2, 0) is 16.1 Å². The molecule has 0 aromatic heterocycles. The third-order valence-corrected chi connectivity index (χ3v) is 2.92. The summed E-state index contributed by atoms with van der Waals surface area (Å²) in [6, 6.07) is 4.39. The maximum Gasteiger partial charge on any atom is 0.340 e. The molecule has 18 heavy (non-hydrogen) atoms. The van der Waals surface area contributed by atoms with Crippen molar-refractivity contribution in [2.75, 3.05) is 7.11 Å². The Morgan fingerprint density at radius 1 is 1.39 bits per heavy atom. The van der Waals surface area contributed by atoms with Crippen molar-refractivity contribution >= 4 is 5.97 Å². The van der Waals surface area contributed by atoms with Gasteiger partial charge in [0.05, 0.1) is 24.9 Å². The molecule has 0 aliphatic heterocycles. The minimum Gasteiger partial charge on any atom is -0.465 e. The molecule has 4 heteroatoms. The number of hydrogen-bond acceptors (Lipinski definition) is 3. The minimum absolute atomic E-state index is 0.0593. The van der Waals surface area contributed by atoms with Crippen LogP contribution in [0.3, 0.4) is 0 Å². The summed E-state index contributed by atoms with van der Waals surface area (Å²) >= 11 is 0. The van der Waals surface area contributed by atoms with Crippen molar-refractivity contribution in [3.63, 3.8) is 0 Å². The number of rotatable bonds is 5. The molecule has 0 fully saturated rings. The molecule has 0 saturated carbocycles. The molecule has 0 unspecified atom stereocenters. The summed E-state index contributed by atoms with van der Waals surface area (Å²) in [5.74, 6) is -1.26. The number of carbonyl (C=O) groups is 1. The van der Waals surface area contributed by atoms with Crippen LogP contribution in [0.1, 0.15) is 43.1 Å². The maximum atomic E-state index is 13.6. The fourth-order valence-electron chi connectivity index (χ4n) is 1.30. The molecule has 0 aliphatic carbocycles. The molecule has 0 atom stereocenters. The molecule has 0 amide bonds. The highest BCUT2D eigenvalue weighted by Crippen LogP contribution is 2.18. The van der Waals surface area contributed by atoms with Crippen LogP contribution in [0.2, 0.25) is 0 Å².